The molecule has 0 aliphatic carbocycles. The van der Waals surface area contributed by atoms with Crippen LogP contribution in [0.1, 0.15) is 16.1 Å². The van der Waals surface area contributed by atoms with Gasteiger partial charge in [-0.1, -0.05) is 48.5 Å². The molecule has 3 N–H and O–H groups in total. The number of phenols is 1. The lowest BCUT2D eigenvalue weighted by Crippen LogP contribution is -2.17. The van der Waals surface area contributed by atoms with Crippen molar-refractivity contribution in [3.63, 3.8) is 0 Å². The molecule has 6 nitrogen and oxygen atoms in total. The molecule has 4 rings (SSSR count). The van der Waals surface area contributed by atoms with Crippen molar-refractivity contribution in [3.8, 4) is 17.0 Å². The number of hydrogen-bond donors (Lipinski definition) is 3. The van der Waals surface area contributed by atoms with Crippen LogP contribution < -0.4 is 5.43 Å². The molecule has 0 bridgehead atoms. The van der Waals surface area contributed by atoms with Crippen LogP contribution in [-0.4, -0.2) is 27.4 Å². The van der Waals surface area contributed by atoms with E-state index < -0.39 is 5.91 Å². The Morgan fingerprint density at radius 2 is 1.85 bits per heavy atom. The Labute approximate surface area is 155 Å². The average molecular weight is 356 g/mol. The summed E-state index contributed by atoms with van der Waals surface area (Å²) >= 11 is 0. The standard InChI is InChI=1S/C21H16N4O2/c26-18-7-3-4-14(10-18)13-22-25-21(27)20-12-19(23-24-20)17-9-8-15-5-1-2-6-16(15)11-17/h1-13,26H,(H,23,24)(H,25,27). The quantitative estimate of drug-likeness (QED) is 0.385. The summed E-state index contributed by atoms with van der Waals surface area (Å²) in [5, 5.41) is 22.5. The zero-order valence-electron chi connectivity index (χ0n) is 14.3. The first-order valence-electron chi connectivity index (χ1n) is 8.36. The monoisotopic (exact) mass is 356 g/mol. The zero-order valence-corrected chi connectivity index (χ0v) is 14.3. The maximum Gasteiger partial charge on any atom is 0.289 e. The molecular weight excluding hydrogens is 340 g/mol. The van der Waals surface area contributed by atoms with Crippen LogP contribution in [-0.2, 0) is 0 Å². The number of nitrogens with one attached hydrogen (secondary N) is 2. The minimum absolute atomic E-state index is 0.138. The fraction of sp³-hybridized carbons (Fsp3) is 0. The summed E-state index contributed by atoms with van der Waals surface area (Å²) in [4.78, 5) is 12.2. The van der Waals surface area contributed by atoms with Crippen molar-refractivity contribution in [2.45, 2.75) is 0 Å². The number of benzene rings is 3. The topological polar surface area (TPSA) is 90.4 Å². The maximum absolute atomic E-state index is 12.2. The molecule has 0 spiro atoms. The number of nitrogens with zero attached hydrogens (tertiary/aromatic N) is 2. The number of aromatic hydroxyl groups is 1. The number of rotatable bonds is 4. The molecule has 27 heavy (non-hydrogen) atoms. The van der Waals surface area contributed by atoms with Gasteiger partial charge >= 0.3 is 0 Å². The first kappa shape index (κ1) is 16.5. The second kappa shape index (κ2) is 7.13. The molecule has 3 aromatic carbocycles. The molecule has 132 valence electrons. The third kappa shape index (κ3) is 3.69. The third-order valence-corrected chi connectivity index (χ3v) is 4.12. The fourth-order valence-corrected chi connectivity index (χ4v) is 2.77. The van der Waals surface area contributed by atoms with Gasteiger partial charge in [-0.3, -0.25) is 9.89 Å². The SMILES string of the molecule is O=C(NN=Cc1cccc(O)c1)c1cc(-c2ccc3ccccc3c2)n[nH]1. The highest BCUT2D eigenvalue weighted by atomic mass is 16.3. The zero-order chi connectivity index (χ0) is 18.6. The summed E-state index contributed by atoms with van der Waals surface area (Å²) in [6, 6.07) is 22.4. The second-order valence-electron chi connectivity index (χ2n) is 6.02. The summed E-state index contributed by atoms with van der Waals surface area (Å²) < 4.78 is 0. The molecule has 0 saturated carbocycles. The highest BCUT2D eigenvalue weighted by molar-refractivity contribution is 5.94. The van der Waals surface area contributed by atoms with Gasteiger partial charge in [-0.05, 0) is 40.6 Å². The smallest absolute Gasteiger partial charge is 0.289 e. The summed E-state index contributed by atoms with van der Waals surface area (Å²) in [6.45, 7) is 0. The molecule has 0 saturated heterocycles. The van der Waals surface area contributed by atoms with Gasteiger partial charge in [0, 0.05) is 5.56 Å². The van der Waals surface area contributed by atoms with Crippen molar-refractivity contribution < 1.29 is 9.90 Å². The summed E-state index contributed by atoms with van der Waals surface area (Å²) in [5.74, 6) is -0.259. The van der Waals surface area contributed by atoms with Crippen molar-refractivity contribution in [2.24, 2.45) is 5.10 Å². The Hall–Kier alpha value is -3.93. The lowest BCUT2D eigenvalue weighted by Gasteiger charge is -2.00. The highest BCUT2D eigenvalue weighted by Crippen LogP contribution is 2.23. The number of amides is 1. The van der Waals surface area contributed by atoms with Crippen LogP contribution in [0, 0.1) is 0 Å². The Morgan fingerprint density at radius 3 is 2.70 bits per heavy atom. The lowest BCUT2D eigenvalue weighted by molar-refractivity contribution is 0.0950. The third-order valence-electron chi connectivity index (χ3n) is 4.12. The van der Waals surface area contributed by atoms with Gasteiger partial charge < -0.3 is 5.11 Å². The second-order valence-corrected chi connectivity index (χ2v) is 6.02. The molecule has 4 aromatic rings. The molecule has 6 heteroatoms. The minimum atomic E-state index is -0.397. The number of hydrogen-bond acceptors (Lipinski definition) is 4. The normalized spacial score (nSPS) is 11.1. The van der Waals surface area contributed by atoms with Gasteiger partial charge in [-0.15, -0.1) is 0 Å². The number of carbonyl (C=O) groups is 1. The van der Waals surface area contributed by atoms with Gasteiger partial charge in [-0.2, -0.15) is 10.2 Å². The summed E-state index contributed by atoms with van der Waals surface area (Å²) in [7, 11) is 0. The molecule has 1 heterocycles. The van der Waals surface area contributed by atoms with Gasteiger partial charge in [-0.25, -0.2) is 5.43 Å². The van der Waals surface area contributed by atoms with Crippen LogP contribution in [0.3, 0.4) is 0 Å². The van der Waals surface area contributed by atoms with Crippen LogP contribution in [0.4, 0.5) is 0 Å². The number of aromatic amines is 1. The van der Waals surface area contributed by atoms with Gasteiger partial charge in [0.25, 0.3) is 5.91 Å². The van der Waals surface area contributed by atoms with Crippen LogP contribution in [0.5, 0.6) is 5.75 Å². The van der Waals surface area contributed by atoms with E-state index in [9.17, 15) is 9.90 Å². The first-order chi connectivity index (χ1) is 13.2. The van der Waals surface area contributed by atoms with Crippen LogP contribution in [0.25, 0.3) is 22.0 Å². The Bertz CT molecular complexity index is 1150. The van der Waals surface area contributed by atoms with Gasteiger partial charge in [0.1, 0.15) is 11.4 Å². The minimum Gasteiger partial charge on any atom is -0.508 e. The Morgan fingerprint density at radius 1 is 1.00 bits per heavy atom. The molecule has 0 aliphatic rings. The fourth-order valence-electron chi connectivity index (χ4n) is 2.77. The Kier molecular flexibility index (Phi) is 4.37. The van der Waals surface area contributed by atoms with Crippen molar-refractivity contribution in [3.05, 3.63) is 84.1 Å². The van der Waals surface area contributed by atoms with Crippen LogP contribution >= 0.6 is 0 Å². The van der Waals surface area contributed by atoms with Crippen molar-refractivity contribution in [1.29, 1.82) is 0 Å². The largest absolute Gasteiger partial charge is 0.508 e. The highest BCUT2D eigenvalue weighted by Gasteiger charge is 2.10. The van der Waals surface area contributed by atoms with Crippen molar-refractivity contribution in [1.82, 2.24) is 15.6 Å². The number of fused-ring (bicyclic) bond motifs is 1. The van der Waals surface area contributed by atoms with Crippen LogP contribution in [0.2, 0.25) is 0 Å². The molecular formula is C21H16N4O2. The number of carbonyl (C=O) groups excluding carboxylic acids is 1. The van der Waals surface area contributed by atoms with Gasteiger partial charge in [0.05, 0.1) is 11.9 Å². The Balaban J connectivity index is 1.48. The van der Waals surface area contributed by atoms with E-state index in [1.54, 1.807) is 30.3 Å². The van der Waals surface area contributed by atoms with E-state index in [-0.39, 0.29) is 5.75 Å². The lowest BCUT2D eigenvalue weighted by atomic mass is 10.1. The van der Waals surface area contributed by atoms with Gasteiger partial charge in [0.2, 0.25) is 0 Å². The molecule has 1 amide bonds. The van der Waals surface area contributed by atoms with E-state index in [0.29, 0.717) is 17.0 Å². The van der Waals surface area contributed by atoms with E-state index in [1.807, 2.05) is 42.5 Å². The number of aromatic nitrogens is 2. The summed E-state index contributed by atoms with van der Waals surface area (Å²) in [6.07, 6.45) is 1.46. The van der Waals surface area contributed by atoms with E-state index in [2.05, 4.69) is 20.7 Å². The van der Waals surface area contributed by atoms with E-state index in [4.69, 9.17) is 0 Å². The molecule has 0 unspecified atom stereocenters. The van der Waals surface area contributed by atoms with E-state index in [0.717, 1.165) is 16.3 Å². The first-order valence-corrected chi connectivity index (χ1v) is 8.36. The molecule has 0 radical (unpaired) electrons. The van der Waals surface area contributed by atoms with Crippen LogP contribution in [0.15, 0.2) is 77.9 Å². The average Bonchev–Trinajstić information content (AvgIpc) is 3.18. The number of hydrazone groups is 1. The number of H-pyrrole nitrogens is 1. The van der Waals surface area contributed by atoms with Crippen molar-refractivity contribution in [2.75, 3.05) is 0 Å². The molecule has 0 atom stereocenters. The van der Waals surface area contributed by atoms with E-state index >= 15 is 0 Å². The molecule has 0 fully saturated rings. The molecule has 1 aromatic heterocycles. The van der Waals surface area contributed by atoms with E-state index in [1.165, 1.54) is 6.21 Å². The molecule has 0 aliphatic heterocycles. The maximum atomic E-state index is 12.2. The van der Waals surface area contributed by atoms with Crippen molar-refractivity contribution >= 4 is 22.9 Å². The predicted octanol–water partition coefficient (Wildman–Crippen LogP) is 3.70. The summed E-state index contributed by atoms with van der Waals surface area (Å²) in [5.41, 5.74) is 5.03. The number of phenolic OH excluding ortho intramolecular Hbond substituents is 1. The van der Waals surface area contributed by atoms with Gasteiger partial charge in [0.15, 0.2) is 0 Å². The predicted molar refractivity (Wildman–Crippen MR) is 105 cm³/mol.